The first kappa shape index (κ1) is 58.6. The molecular weight excluding hydrogens is 953 g/mol. The second-order valence-corrected chi connectivity index (χ2v) is 24.9. The van der Waals surface area contributed by atoms with Gasteiger partial charge in [-0.1, -0.05) is 232 Å². The molecule has 0 bridgehead atoms. The van der Waals surface area contributed by atoms with E-state index in [4.69, 9.17) is 0 Å². The van der Waals surface area contributed by atoms with Crippen molar-refractivity contribution in [1.29, 1.82) is 0 Å². The number of aryl methyl sites for hydroxylation is 4. The molecule has 0 saturated heterocycles. The monoisotopic (exact) mass is 1060 g/mol. The fourth-order valence-electron chi connectivity index (χ4n) is 14.3. The molecule has 2 heteroatoms. The van der Waals surface area contributed by atoms with Crippen LogP contribution in [-0.2, 0) is 31.1 Å². The molecule has 1 aliphatic rings. The predicted octanol–water partition coefficient (Wildman–Crippen LogP) is 24.1. The zero-order valence-electron chi connectivity index (χ0n) is 50.8. The van der Waals surface area contributed by atoms with Crippen LogP contribution in [0.5, 0.6) is 0 Å². The van der Waals surface area contributed by atoms with E-state index in [2.05, 4.69) is 160 Å². The van der Waals surface area contributed by atoms with E-state index in [-0.39, 0.29) is 5.41 Å². The summed E-state index contributed by atoms with van der Waals surface area (Å²) in [6, 6.07) is 45.6. The lowest BCUT2D eigenvalue weighted by Crippen LogP contribution is -2.26. The minimum Gasteiger partial charge on any atom is -0.309 e. The molecule has 0 fully saturated rings. The van der Waals surface area contributed by atoms with E-state index in [9.17, 15) is 0 Å². The average Bonchev–Trinajstić information content (AvgIpc) is 4.15. The van der Waals surface area contributed by atoms with Crippen LogP contribution in [0.15, 0.2) is 109 Å². The second kappa shape index (κ2) is 29.6. The van der Waals surface area contributed by atoms with Gasteiger partial charge < -0.3 is 9.13 Å². The molecule has 1 aliphatic carbocycles. The van der Waals surface area contributed by atoms with Crippen molar-refractivity contribution in [2.75, 3.05) is 0 Å². The van der Waals surface area contributed by atoms with Crippen LogP contribution in [-0.4, -0.2) is 9.13 Å². The third kappa shape index (κ3) is 13.8. The quantitative estimate of drug-likeness (QED) is 0.0347. The first-order chi connectivity index (χ1) is 39.0. The van der Waals surface area contributed by atoms with Crippen molar-refractivity contribution in [3.05, 3.63) is 143 Å². The molecule has 2 nitrogen and oxygen atoms in total. The third-order valence-corrected chi connectivity index (χ3v) is 18.8. The smallest absolute Gasteiger partial charge is 0.0541 e. The number of benzene rings is 6. The highest BCUT2D eigenvalue weighted by atomic mass is 15.0. The fourth-order valence-corrected chi connectivity index (χ4v) is 14.3. The third-order valence-electron chi connectivity index (χ3n) is 18.8. The largest absolute Gasteiger partial charge is 0.309 e. The summed E-state index contributed by atoms with van der Waals surface area (Å²) < 4.78 is 5.32. The first-order valence-electron chi connectivity index (χ1n) is 33.4. The van der Waals surface area contributed by atoms with Gasteiger partial charge in [0.25, 0.3) is 0 Å². The number of nitrogens with zero attached hydrogens (tertiary/aromatic N) is 2. The van der Waals surface area contributed by atoms with E-state index in [1.165, 1.54) is 281 Å². The van der Waals surface area contributed by atoms with Crippen molar-refractivity contribution in [2.45, 2.75) is 265 Å². The van der Waals surface area contributed by atoms with Crippen LogP contribution in [0.4, 0.5) is 0 Å². The van der Waals surface area contributed by atoms with Crippen molar-refractivity contribution >= 4 is 43.6 Å². The normalized spacial score (nSPS) is 13.0. The van der Waals surface area contributed by atoms with Gasteiger partial charge in [0.15, 0.2) is 0 Å². The second-order valence-electron chi connectivity index (χ2n) is 24.9. The minimum absolute atomic E-state index is 0.0711. The summed E-state index contributed by atoms with van der Waals surface area (Å²) in [4.78, 5) is 0. The number of aromatic nitrogens is 2. The summed E-state index contributed by atoms with van der Waals surface area (Å²) in [6.07, 6.45) is 43.6. The van der Waals surface area contributed by atoms with Crippen molar-refractivity contribution in [3.8, 4) is 22.5 Å². The van der Waals surface area contributed by atoms with Crippen LogP contribution in [0.25, 0.3) is 66.1 Å². The maximum atomic E-state index is 2.71. The Morgan fingerprint density at radius 1 is 0.266 bits per heavy atom. The Balaban J connectivity index is 1.19. The van der Waals surface area contributed by atoms with Crippen LogP contribution in [0, 0.1) is 0 Å². The molecule has 0 saturated carbocycles. The van der Waals surface area contributed by atoms with Gasteiger partial charge in [0.2, 0.25) is 0 Å². The van der Waals surface area contributed by atoms with E-state index in [1.54, 1.807) is 11.1 Å². The van der Waals surface area contributed by atoms with Crippen LogP contribution in [0.1, 0.15) is 268 Å². The SMILES string of the molecule is CCCCCCCCC1(CCCCCCCC)c2cc(-n3c4ccc(CCCCCC)cc4c4cc(CCCCCC)ccc43)ccc2-c2ccc(-n3c4ccc(CCCCCC)cc4c4cc(CCCCCC)ccc43)cc21. The highest BCUT2D eigenvalue weighted by Crippen LogP contribution is 2.56. The summed E-state index contributed by atoms with van der Waals surface area (Å²) >= 11 is 0. The first-order valence-corrected chi connectivity index (χ1v) is 33.4. The van der Waals surface area contributed by atoms with Gasteiger partial charge >= 0.3 is 0 Å². The maximum Gasteiger partial charge on any atom is 0.0541 e. The molecule has 2 heterocycles. The van der Waals surface area contributed by atoms with Gasteiger partial charge in [-0.05, 0) is 182 Å². The molecule has 0 aliphatic heterocycles. The van der Waals surface area contributed by atoms with Gasteiger partial charge in [-0.2, -0.15) is 0 Å². The topological polar surface area (TPSA) is 9.86 Å². The molecule has 0 unspecified atom stereocenters. The van der Waals surface area contributed by atoms with Gasteiger partial charge in [0.05, 0.1) is 22.1 Å². The minimum atomic E-state index is -0.0711. The van der Waals surface area contributed by atoms with Crippen molar-refractivity contribution in [3.63, 3.8) is 0 Å². The molecule has 0 spiro atoms. The van der Waals surface area contributed by atoms with E-state index in [0.717, 1.165) is 25.7 Å². The summed E-state index contributed by atoms with van der Waals surface area (Å²) in [6.45, 7) is 14.0. The highest BCUT2D eigenvalue weighted by molar-refractivity contribution is 6.11. The molecule has 6 aromatic carbocycles. The Morgan fingerprint density at radius 2 is 0.532 bits per heavy atom. The number of hydrogen-bond donors (Lipinski definition) is 0. The lowest BCUT2D eigenvalue weighted by atomic mass is 9.70. The summed E-state index contributed by atoms with van der Waals surface area (Å²) in [5.41, 5.74) is 20.0. The Kier molecular flexibility index (Phi) is 21.9. The zero-order valence-corrected chi connectivity index (χ0v) is 50.8. The molecule has 0 atom stereocenters. The molecule has 79 heavy (non-hydrogen) atoms. The molecule has 2 aromatic heterocycles. The van der Waals surface area contributed by atoms with Gasteiger partial charge in [0, 0.05) is 38.3 Å². The van der Waals surface area contributed by atoms with E-state index < -0.39 is 0 Å². The van der Waals surface area contributed by atoms with Crippen LogP contribution in [0.3, 0.4) is 0 Å². The van der Waals surface area contributed by atoms with E-state index >= 15 is 0 Å². The molecule has 422 valence electrons. The predicted molar refractivity (Wildman–Crippen MR) is 349 cm³/mol. The molecule has 0 radical (unpaired) electrons. The fraction of sp³-hybridized carbons (Fsp3) is 0.532. The average molecular weight is 1060 g/mol. The Labute approximate surface area is 480 Å². The number of rotatable bonds is 36. The highest BCUT2D eigenvalue weighted by Gasteiger charge is 2.43. The number of hydrogen-bond acceptors (Lipinski definition) is 0. The summed E-state index contributed by atoms with van der Waals surface area (Å²) in [5.74, 6) is 0. The van der Waals surface area contributed by atoms with E-state index in [0.29, 0.717) is 0 Å². The van der Waals surface area contributed by atoms with E-state index in [1.807, 2.05) is 0 Å². The van der Waals surface area contributed by atoms with Crippen LogP contribution in [0.2, 0.25) is 0 Å². The Bertz CT molecular complexity index is 2820. The number of fused-ring (bicyclic) bond motifs is 9. The van der Waals surface area contributed by atoms with Gasteiger partial charge in [-0.3, -0.25) is 0 Å². The number of unbranched alkanes of at least 4 members (excludes halogenated alkanes) is 22. The lowest BCUT2D eigenvalue weighted by Gasteiger charge is -2.33. The van der Waals surface area contributed by atoms with Crippen LogP contribution < -0.4 is 0 Å². The summed E-state index contributed by atoms with van der Waals surface area (Å²) in [5, 5.41) is 5.71. The van der Waals surface area contributed by atoms with Crippen molar-refractivity contribution in [1.82, 2.24) is 9.13 Å². The van der Waals surface area contributed by atoms with Gasteiger partial charge in [-0.25, -0.2) is 0 Å². The van der Waals surface area contributed by atoms with Crippen LogP contribution >= 0.6 is 0 Å². The molecular formula is C77H104N2. The molecule has 9 rings (SSSR count). The summed E-state index contributed by atoms with van der Waals surface area (Å²) in [7, 11) is 0. The van der Waals surface area contributed by atoms with Crippen molar-refractivity contribution in [2.24, 2.45) is 0 Å². The Morgan fingerprint density at radius 3 is 0.823 bits per heavy atom. The van der Waals surface area contributed by atoms with Gasteiger partial charge in [0.1, 0.15) is 0 Å². The van der Waals surface area contributed by atoms with Crippen molar-refractivity contribution < 1.29 is 0 Å². The molecule has 0 N–H and O–H groups in total. The molecule has 8 aromatic rings. The van der Waals surface area contributed by atoms with Gasteiger partial charge in [-0.15, -0.1) is 0 Å². The molecule has 0 amide bonds. The Hall–Kier alpha value is -5.08. The lowest BCUT2D eigenvalue weighted by molar-refractivity contribution is 0.397. The maximum absolute atomic E-state index is 2.71. The zero-order chi connectivity index (χ0) is 54.8. The standard InChI is InChI=1S/C77H104N2/c1-7-13-19-25-27-33-51-77(52-34-28-26-20-14-8-2)71-57-63(78-73-47-39-59(35-29-21-15-9-3)53-67(73)68-54-60(40-48-74(68)78)36-30-22-16-10-4)43-45-65(71)66-46-44-64(58-72(66)77)79-75-49-41-61(37-31-23-17-11-5)55-69(75)70-56-62(42-50-76(70)79)38-32-24-18-12-6/h39-50,53-58H,7-38,51-52H2,1-6H3.